The highest BCUT2D eigenvalue weighted by atomic mass is 16.2. The third-order valence-corrected chi connectivity index (χ3v) is 0.884. The SMILES string of the molecule is CNN(C)C(=O)CN. The van der Waals surface area contributed by atoms with Gasteiger partial charge in [0.15, 0.2) is 0 Å². The summed E-state index contributed by atoms with van der Waals surface area (Å²) < 4.78 is 0. The lowest BCUT2D eigenvalue weighted by Crippen LogP contribution is -2.40. The van der Waals surface area contributed by atoms with Gasteiger partial charge in [0, 0.05) is 14.1 Å². The lowest BCUT2D eigenvalue weighted by Gasteiger charge is -2.12. The molecule has 0 bridgehead atoms. The number of likely N-dealkylation sites (N-methyl/N-ethyl adjacent to an activating group) is 1. The van der Waals surface area contributed by atoms with E-state index >= 15 is 0 Å². The molecule has 4 heteroatoms. The summed E-state index contributed by atoms with van der Waals surface area (Å²) in [5.74, 6) is -0.118. The molecule has 0 atom stereocenters. The van der Waals surface area contributed by atoms with Gasteiger partial charge in [0.1, 0.15) is 0 Å². The van der Waals surface area contributed by atoms with Crippen LogP contribution in [-0.2, 0) is 4.79 Å². The molecule has 0 aromatic carbocycles. The van der Waals surface area contributed by atoms with Gasteiger partial charge in [0.2, 0.25) is 5.91 Å². The maximum atomic E-state index is 10.5. The van der Waals surface area contributed by atoms with Crippen molar-refractivity contribution in [1.82, 2.24) is 10.4 Å². The van der Waals surface area contributed by atoms with Gasteiger partial charge in [-0.3, -0.25) is 9.80 Å². The Morgan fingerprint density at radius 3 is 2.50 bits per heavy atom. The molecular formula is C4H11N3O. The van der Waals surface area contributed by atoms with Crippen LogP contribution >= 0.6 is 0 Å². The lowest BCUT2D eigenvalue weighted by molar-refractivity contribution is -0.130. The highest BCUT2D eigenvalue weighted by Crippen LogP contribution is 1.70. The van der Waals surface area contributed by atoms with Crippen LogP contribution in [0.1, 0.15) is 0 Å². The minimum atomic E-state index is -0.118. The average Bonchev–Trinajstić information content (AvgIpc) is 1.84. The van der Waals surface area contributed by atoms with Gasteiger partial charge >= 0.3 is 0 Å². The van der Waals surface area contributed by atoms with E-state index in [1.54, 1.807) is 14.1 Å². The number of nitrogens with zero attached hydrogens (tertiary/aromatic N) is 1. The minimum Gasteiger partial charge on any atom is -0.322 e. The Labute approximate surface area is 48.6 Å². The Kier molecular flexibility index (Phi) is 3.14. The van der Waals surface area contributed by atoms with E-state index in [0.717, 1.165) is 0 Å². The molecule has 0 saturated carbocycles. The monoisotopic (exact) mass is 117 g/mol. The first-order valence-electron chi connectivity index (χ1n) is 2.36. The number of hydrogen-bond acceptors (Lipinski definition) is 3. The van der Waals surface area contributed by atoms with E-state index in [1.807, 2.05) is 0 Å². The van der Waals surface area contributed by atoms with Crippen LogP contribution in [0, 0.1) is 0 Å². The summed E-state index contributed by atoms with van der Waals surface area (Å²) in [6, 6.07) is 0. The summed E-state index contributed by atoms with van der Waals surface area (Å²) in [4.78, 5) is 10.5. The second-order valence-electron chi connectivity index (χ2n) is 1.38. The van der Waals surface area contributed by atoms with Crippen molar-refractivity contribution in [3.05, 3.63) is 0 Å². The third-order valence-electron chi connectivity index (χ3n) is 0.884. The first-order valence-corrected chi connectivity index (χ1v) is 2.36. The number of nitrogens with one attached hydrogen (secondary N) is 1. The molecule has 48 valence electrons. The third kappa shape index (κ3) is 1.90. The zero-order chi connectivity index (χ0) is 6.57. The van der Waals surface area contributed by atoms with Crippen molar-refractivity contribution >= 4 is 5.91 Å². The van der Waals surface area contributed by atoms with Crippen molar-refractivity contribution in [3.63, 3.8) is 0 Å². The predicted molar refractivity (Wildman–Crippen MR) is 30.9 cm³/mol. The molecule has 0 saturated heterocycles. The first-order chi connectivity index (χ1) is 3.72. The van der Waals surface area contributed by atoms with Gasteiger partial charge in [-0.15, -0.1) is 0 Å². The molecule has 0 spiro atoms. The van der Waals surface area contributed by atoms with E-state index in [0.29, 0.717) is 0 Å². The summed E-state index contributed by atoms with van der Waals surface area (Å²) in [5.41, 5.74) is 7.64. The molecule has 0 aromatic heterocycles. The molecule has 3 N–H and O–H groups in total. The normalized spacial score (nSPS) is 8.88. The van der Waals surface area contributed by atoms with Gasteiger partial charge < -0.3 is 5.73 Å². The highest BCUT2D eigenvalue weighted by molar-refractivity contribution is 5.77. The van der Waals surface area contributed by atoms with E-state index in [9.17, 15) is 4.79 Å². The highest BCUT2D eigenvalue weighted by Gasteiger charge is 1.99. The predicted octanol–water partition coefficient (Wildman–Crippen LogP) is -1.46. The zero-order valence-corrected chi connectivity index (χ0v) is 5.14. The van der Waals surface area contributed by atoms with Crippen molar-refractivity contribution in [2.24, 2.45) is 5.73 Å². The Hall–Kier alpha value is -0.610. The van der Waals surface area contributed by atoms with E-state index in [1.165, 1.54) is 5.01 Å². The second kappa shape index (κ2) is 3.40. The molecule has 1 amide bonds. The summed E-state index contributed by atoms with van der Waals surface area (Å²) in [6.45, 7) is 0.0529. The molecule has 0 aliphatic carbocycles. The van der Waals surface area contributed by atoms with Gasteiger partial charge in [-0.05, 0) is 0 Å². The van der Waals surface area contributed by atoms with E-state index < -0.39 is 0 Å². The topological polar surface area (TPSA) is 58.4 Å². The fourth-order valence-electron chi connectivity index (χ4n) is 0.262. The quantitative estimate of drug-likeness (QED) is 0.434. The van der Waals surface area contributed by atoms with Gasteiger partial charge in [-0.1, -0.05) is 0 Å². The number of amides is 1. The van der Waals surface area contributed by atoms with E-state index in [4.69, 9.17) is 5.73 Å². The molecule has 8 heavy (non-hydrogen) atoms. The van der Waals surface area contributed by atoms with Crippen LogP contribution in [0.5, 0.6) is 0 Å². The largest absolute Gasteiger partial charge is 0.322 e. The van der Waals surface area contributed by atoms with Crippen molar-refractivity contribution in [3.8, 4) is 0 Å². The molecule has 0 rings (SSSR count). The molecular weight excluding hydrogens is 106 g/mol. The number of hydrogen-bond donors (Lipinski definition) is 2. The van der Waals surface area contributed by atoms with Crippen molar-refractivity contribution < 1.29 is 4.79 Å². The van der Waals surface area contributed by atoms with Crippen molar-refractivity contribution in [1.29, 1.82) is 0 Å². The maximum Gasteiger partial charge on any atom is 0.250 e. The summed E-state index contributed by atoms with van der Waals surface area (Å²) in [6.07, 6.45) is 0. The Morgan fingerprint density at radius 1 is 1.88 bits per heavy atom. The smallest absolute Gasteiger partial charge is 0.250 e. The Balaban J connectivity index is 3.46. The molecule has 4 nitrogen and oxygen atoms in total. The number of carbonyl (C=O) groups is 1. The second-order valence-corrected chi connectivity index (χ2v) is 1.38. The molecule has 0 fully saturated rings. The number of rotatable bonds is 2. The Bertz CT molecular complexity index is 83.4. The lowest BCUT2D eigenvalue weighted by atomic mass is 10.6. The fraction of sp³-hybridized carbons (Fsp3) is 0.750. The summed E-state index contributed by atoms with van der Waals surface area (Å²) in [5, 5.41) is 1.33. The zero-order valence-electron chi connectivity index (χ0n) is 5.14. The minimum absolute atomic E-state index is 0.0529. The van der Waals surface area contributed by atoms with E-state index in [2.05, 4.69) is 5.43 Å². The van der Waals surface area contributed by atoms with Crippen LogP contribution in [-0.4, -0.2) is 31.6 Å². The summed E-state index contributed by atoms with van der Waals surface area (Å²) >= 11 is 0. The number of carbonyl (C=O) groups excluding carboxylic acids is 1. The molecule has 0 heterocycles. The van der Waals surface area contributed by atoms with Crippen LogP contribution in [0.3, 0.4) is 0 Å². The number of hydrazine groups is 1. The maximum absolute atomic E-state index is 10.5. The molecule has 0 radical (unpaired) electrons. The van der Waals surface area contributed by atoms with Gasteiger partial charge in [-0.2, -0.15) is 0 Å². The fourth-order valence-corrected chi connectivity index (χ4v) is 0.262. The average molecular weight is 117 g/mol. The molecule has 0 aromatic rings. The molecule has 0 aliphatic rings. The first kappa shape index (κ1) is 7.39. The standard InChI is InChI=1S/C4H11N3O/c1-6-7(2)4(8)3-5/h6H,3,5H2,1-2H3. The van der Waals surface area contributed by atoms with Crippen LogP contribution in [0.2, 0.25) is 0 Å². The van der Waals surface area contributed by atoms with Gasteiger partial charge in [-0.25, -0.2) is 5.43 Å². The van der Waals surface area contributed by atoms with Gasteiger partial charge in [0.05, 0.1) is 6.54 Å². The van der Waals surface area contributed by atoms with Crippen LogP contribution in [0.15, 0.2) is 0 Å². The van der Waals surface area contributed by atoms with Gasteiger partial charge in [0.25, 0.3) is 0 Å². The van der Waals surface area contributed by atoms with E-state index in [-0.39, 0.29) is 12.5 Å². The van der Waals surface area contributed by atoms with Crippen LogP contribution < -0.4 is 11.2 Å². The number of nitrogens with two attached hydrogens (primary N) is 1. The Morgan fingerprint density at radius 2 is 2.38 bits per heavy atom. The molecule has 0 aliphatic heterocycles. The van der Waals surface area contributed by atoms with Crippen molar-refractivity contribution in [2.75, 3.05) is 20.6 Å². The van der Waals surface area contributed by atoms with Crippen LogP contribution in [0.4, 0.5) is 0 Å². The summed E-state index contributed by atoms with van der Waals surface area (Å²) in [7, 11) is 3.28. The molecule has 0 unspecified atom stereocenters. The van der Waals surface area contributed by atoms with Crippen molar-refractivity contribution in [2.45, 2.75) is 0 Å². The van der Waals surface area contributed by atoms with Crippen LogP contribution in [0.25, 0.3) is 0 Å².